The Hall–Kier alpha value is -3.48. The molecule has 1 N–H and O–H groups in total. The highest BCUT2D eigenvalue weighted by Gasteiger charge is 2.15. The average molecular weight is 340 g/mol. The second-order valence-corrected chi connectivity index (χ2v) is 5.11. The summed E-state index contributed by atoms with van der Waals surface area (Å²) in [6.45, 7) is 0.111. The van der Waals surface area contributed by atoms with Crippen molar-refractivity contribution in [3.63, 3.8) is 0 Å². The van der Waals surface area contributed by atoms with E-state index in [2.05, 4.69) is 5.32 Å². The molecule has 2 aromatic rings. The van der Waals surface area contributed by atoms with Gasteiger partial charge in [0.15, 0.2) is 11.5 Å². The maximum absolute atomic E-state index is 12.3. The van der Waals surface area contributed by atoms with Gasteiger partial charge in [-0.15, -0.1) is 0 Å². The van der Waals surface area contributed by atoms with E-state index >= 15 is 0 Å². The highest BCUT2D eigenvalue weighted by atomic mass is 16.7. The molecule has 1 heterocycles. The van der Waals surface area contributed by atoms with Crippen LogP contribution in [-0.4, -0.2) is 25.8 Å². The molecule has 1 amide bonds. The number of carboxylic acid groups (broad SMARTS) is 1. The Morgan fingerprint density at radius 1 is 1.16 bits per heavy atom. The molecule has 3 rings (SSSR count). The van der Waals surface area contributed by atoms with Gasteiger partial charge in [-0.2, -0.15) is 0 Å². The Morgan fingerprint density at radius 3 is 2.68 bits per heavy atom. The predicted molar refractivity (Wildman–Crippen MR) is 86.0 cm³/mol. The monoisotopic (exact) mass is 340 g/mol. The third-order valence-electron chi connectivity index (χ3n) is 3.53. The Bertz CT molecular complexity index is 858. The summed E-state index contributed by atoms with van der Waals surface area (Å²) in [6, 6.07) is 11.4. The lowest BCUT2D eigenvalue weighted by Gasteiger charge is -2.13. The molecule has 0 fully saturated rings. The summed E-state index contributed by atoms with van der Waals surface area (Å²) < 4.78 is 15.5. The number of benzene rings is 2. The van der Waals surface area contributed by atoms with E-state index in [9.17, 15) is 14.7 Å². The van der Waals surface area contributed by atoms with Crippen molar-refractivity contribution in [3.05, 3.63) is 59.3 Å². The van der Waals surface area contributed by atoms with Crippen LogP contribution in [0, 0.1) is 0 Å². The number of carbonyl (C=O) groups is 2. The standard InChI is InChI=1S/C18H15NO6/c1-23-14-5-3-2-4-12(14)17(20)19-13(18(21)22)8-11-6-7-15-16(9-11)25-10-24-15/h2-9H,10H2,1H3,(H,19,20)(H,21,22)/p-1/b13-8-. The molecule has 0 bridgehead atoms. The number of hydrogen-bond donors (Lipinski definition) is 1. The van der Waals surface area contributed by atoms with Crippen molar-refractivity contribution < 1.29 is 28.9 Å². The molecule has 1 aliphatic heterocycles. The Kier molecular flexibility index (Phi) is 4.56. The molecule has 7 heteroatoms. The largest absolute Gasteiger partial charge is 0.543 e. The van der Waals surface area contributed by atoms with E-state index in [0.717, 1.165) is 0 Å². The number of rotatable bonds is 5. The van der Waals surface area contributed by atoms with Gasteiger partial charge in [-0.1, -0.05) is 18.2 Å². The van der Waals surface area contributed by atoms with Crippen LogP contribution in [0.15, 0.2) is 48.2 Å². The van der Waals surface area contributed by atoms with E-state index in [1.165, 1.54) is 19.3 Å². The van der Waals surface area contributed by atoms with Crippen LogP contribution in [0.5, 0.6) is 17.2 Å². The molecule has 0 aliphatic carbocycles. The molecule has 0 saturated heterocycles. The summed E-state index contributed by atoms with van der Waals surface area (Å²) in [5.74, 6) is -0.719. The van der Waals surface area contributed by atoms with Gasteiger partial charge in [0.2, 0.25) is 6.79 Å². The highest BCUT2D eigenvalue weighted by molar-refractivity contribution is 6.03. The lowest BCUT2D eigenvalue weighted by atomic mass is 10.1. The van der Waals surface area contributed by atoms with E-state index in [1.54, 1.807) is 36.4 Å². The summed E-state index contributed by atoms with van der Waals surface area (Å²) in [5.41, 5.74) is 0.349. The fourth-order valence-corrected chi connectivity index (χ4v) is 2.34. The number of nitrogens with one attached hydrogen (secondary N) is 1. The van der Waals surface area contributed by atoms with Gasteiger partial charge in [0.1, 0.15) is 5.75 Å². The fraction of sp³-hybridized carbons (Fsp3) is 0.111. The Labute approximate surface area is 143 Å². The summed E-state index contributed by atoms with van der Waals surface area (Å²) >= 11 is 0. The van der Waals surface area contributed by atoms with E-state index in [4.69, 9.17) is 14.2 Å². The lowest BCUT2D eigenvalue weighted by molar-refractivity contribution is -0.299. The fourth-order valence-electron chi connectivity index (χ4n) is 2.34. The van der Waals surface area contributed by atoms with Crippen molar-refractivity contribution in [1.82, 2.24) is 5.32 Å². The minimum Gasteiger partial charge on any atom is -0.543 e. The number of carboxylic acids is 1. The summed E-state index contributed by atoms with van der Waals surface area (Å²) in [4.78, 5) is 23.7. The maximum Gasteiger partial charge on any atom is 0.259 e. The first-order chi connectivity index (χ1) is 12.1. The third kappa shape index (κ3) is 3.55. The van der Waals surface area contributed by atoms with Gasteiger partial charge in [0, 0.05) is 0 Å². The smallest absolute Gasteiger partial charge is 0.259 e. The Morgan fingerprint density at radius 2 is 1.92 bits per heavy atom. The second-order valence-electron chi connectivity index (χ2n) is 5.11. The SMILES string of the molecule is COc1ccccc1C(=O)N/C(=C\c1ccc2c(c1)OCO2)C(=O)[O-]. The van der Waals surface area contributed by atoms with Crippen LogP contribution in [0.1, 0.15) is 15.9 Å². The van der Waals surface area contributed by atoms with Crippen LogP contribution in [-0.2, 0) is 4.79 Å². The first-order valence-corrected chi connectivity index (χ1v) is 7.35. The van der Waals surface area contributed by atoms with Crippen LogP contribution in [0.3, 0.4) is 0 Å². The first-order valence-electron chi connectivity index (χ1n) is 7.35. The normalized spacial score (nSPS) is 12.6. The number of carbonyl (C=O) groups excluding carboxylic acids is 2. The van der Waals surface area contributed by atoms with Gasteiger partial charge >= 0.3 is 0 Å². The summed E-state index contributed by atoms with van der Waals surface area (Å²) in [5, 5.41) is 13.7. The van der Waals surface area contributed by atoms with E-state index < -0.39 is 11.9 Å². The van der Waals surface area contributed by atoms with E-state index in [1.807, 2.05) is 0 Å². The number of para-hydroxylation sites is 1. The molecule has 0 spiro atoms. The topological polar surface area (TPSA) is 96.9 Å². The molecule has 0 unspecified atom stereocenters. The van der Waals surface area contributed by atoms with Gasteiger partial charge in [0.25, 0.3) is 5.91 Å². The van der Waals surface area contributed by atoms with Gasteiger partial charge < -0.3 is 29.4 Å². The van der Waals surface area contributed by atoms with Crippen molar-refractivity contribution in [2.45, 2.75) is 0 Å². The van der Waals surface area contributed by atoms with Crippen molar-refractivity contribution in [1.29, 1.82) is 0 Å². The van der Waals surface area contributed by atoms with E-state index in [0.29, 0.717) is 22.8 Å². The number of ether oxygens (including phenoxy) is 3. The molecule has 25 heavy (non-hydrogen) atoms. The number of aliphatic carboxylic acids is 1. The minimum absolute atomic E-state index is 0.111. The van der Waals surface area contributed by atoms with Crippen molar-refractivity contribution in [3.8, 4) is 17.2 Å². The van der Waals surface area contributed by atoms with Crippen molar-refractivity contribution in [2.24, 2.45) is 0 Å². The molecular formula is C18H14NO6-. The zero-order chi connectivity index (χ0) is 17.8. The average Bonchev–Trinajstić information content (AvgIpc) is 3.08. The predicted octanol–water partition coefficient (Wildman–Crippen LogP) is 0.945. The summed E-state index contributed by atoms with van der Waals surface area (Å²) in [6.07, 6.45) is 1.28. The number of amides is 1. The molecule has 128 valence electrons. The maximum atomic E-state index is 12.3. The van der Waals surface area contributed by atoms with Crippen LogP contribution in [0.4, 0.5) is 0 Å². The van der Waals surface area contributed by atoms with Gasteiger partial charge in [-0.3, -0.25) is 4.79 Å². The number of hydrogen-bond acceptors (Lipinski definition) is 6. The van der Waals surface area contributed by atoms with Gasteiger partial charge in [0.05, 0.1) is 24.3 Å². The minimum atomic E-state index is -1.51. The Balaban J connectivity index is 1.86. The molecule has 0 aromatic heterocycles. The summed E-state index contributed by atoms with van der Waals surface area (Å²) in [7, 11) is 1.42. The van der Waals surface area contributed by atoms with Crippen LogP contribution >= 0.6 is 0 Å². The molecule has 0 radical (unpaired) electrons. The molecule has 0 saturated carbocycles. The van der Waals surface area contributed by atoms with Crippen LogP contribution in [0.2, 0.25) is 0 Å². The van der Waals surface area contributed by atoms with Crippen molar-refractivity contribution >= 4 is 18.0 Å². The van der Waals surface area contributed by atoms with Gasteiger partial charge in [-0.05, 0) is 35.9 Å². The van der Waals surface area contributed by atoms with Crippen LogP contribution in [0.25, 0.3) is 6.08 Å². The first kappa shape index (κ1) is 16.4. The molecule has 7 nitrogen and oxygen atoms in total. The molecular weight excluding hydrogens is 326 g/mol. The highest BCUT2D eigenvalue weighted by Crippen LogP contribution is 2.33. The molecule has 0 atom stereocenters. The molecule has 1 aliphatic rings. The van der Waals surface area contributed by atoms with Gasteiger partial charge in [-0.25, -0.2) is 0 Å². The zero-order valence-electron chi connectivity index (χ0n) is 13.3. The lowest BCUT2D eigenvalue weighted by Crippen LogP contribution is -2.35. The van der Waals surface area contributed by atoms with E-state index in [-0.39, 0.29) is 18.1 Å². The number of methoxy groups -OCH3 is 1. The molecule has 2 aromatic carbocycles. The zero-order valence-corrected chi connectivity index (χ0v) is 13.3. The quantitative estimate of drug-likeness (QED) is 0.814. The van der Waals surface area contributed by atoms with Crippen molar-refractivity contribution in [2.75, 3.05) is 13.9 Å². The van der Waals surface area contributed by atoms with Crippen LogP contribution < -0.4 is 24.6 Å². The number of fused-ring (bicyclic) bond motifs is 1. The second kappa shape index (κ2) is 6.96. The third-order valence-corrected chi connectivity index (χ3v) is 3.53.